The van der Waals surface area contributed by atoms with Crippen LogP contribution in [0.4, 0.5) is 0 Å². The Hall–Kier alpha value is -5.66. The van der Waals surface area contributed by atoms with Crippen molar-refractivity contribution in [3.63, 3.8) is 0 Å². The van der Waals surface area contributed by atoms with Crippen molar-refractivity contribution in [1.82, 2.24) is 9.55 Å². The third kappa shape index (κ3) is 3.28. The zero-order chi connectivity index (χ0) is 26.6. The lowest BCUT2D eigenvalue weighted by Gasteiger charge is -2.12. The fraction of sp³-hybridized carbons (Fsp3) is 0. The number of nitriles is 1. The van der Waals surface area contributed by atoms with Crippen molar-refractivity contribution in [2.45, 2.75) is 0 Å². The lowest BCUT2D eigenvalue weighted by atomic mass is 9.99. The van der Waals surface area contributed by atoms with Gasteiger partial charge in [-0.05, 0) is 65.7 Å². The van der Waals surface area contributed by atoms with Crippen molar-refractivity contribution >= 4 is 43.7 Å². The van der Waals surface area contributed by atoms with E-state index in [2.05, 4.69) is 101 Å². The van der Waals surface area contributed by atoms with E-state index in [-0.39, 0.29) is 0 Å². The highest BCUT2D eigenvalue weighted by Gasteiger charge is 2.19. The van der Waals surface area contributed by atoms with Crippen LogP contribution in [0.2, 0.25) is 0 Å². The largest absolute Gasteiger partial charge is 0.456 e. The number of benzene rings is 5. The maximum Gasteiger partial charge on any atom is 0.137 e. The molecule has 8 rings (SSSR count). The summed E-state index contributed by atoms with van der Waals surface area (Å²) in [7, 11) is 0. The third-order valence-electron chi connectivity index (χ3n) is 7.68. The van der Waals surface area contributed by atoms with Crippen molar-refractivity contribution in [2.75, 3.05) is 0 Å². The molecule has 0 aliphatic rings. The van der Waals surface area contributed by atoms with Gasteiger partial charge in [0.05, 0.1) is 27.7 Å². The van der Waals surface area contributed by atoms with Gasteiger partial charge in [-0.3, -0.25) is 4.98 Å². The Kier molecular flexibility index (Phi) is 4.85. The van der Waals surface area contributed by atoms with Crippen LogP contribution in [-0.2, 0) is 0 Å². The highest BCUT2D eigenvalue weighted by molar-refractivity contribution is 6.24. The number of hydrogen-bond acceptors (Lipinski definition) is 3. The molecule has 0 spiro atoms. The molecule has 4 heteroatoms. The summed E-state index contributed by atoms with van der Waals surface area (Å²) in [6.45, 7) is 0. The average molecular weight is 512 g/mol. The molecular formula is C36H21N3O. The van der Waals surface area contributed by atoms with Gasteiger partial charge in [-0.15, -0.1) is 0 Å². The zero-order valence-electron chi connectivity index (χ0n) is 21.4. The van der Waals surface area contributed by atoms with E-state index in [0.29, 0.717) is 11.3 Å². The first-order chi connectivity index (χ1) is 19.8. The molecule has 0 bridgehead atoms. The van der Waals surface area contributed by atoms with Crippen molar-refractivity contribution in [1.29, 1.82) is 5.26 Å². The zero-order valence-corrected chi connectivity index (χ0v) is 21.4. The topological polar surface area (TPSA) is 54.8 Å². The minimum atomic E-state index is 0.565. The van der Waals surface area contributed by atoms with Crippen LogP contribution < -0.4 is 0 Å². The number of aromatic nitrogens is 2. The Morgan fingerprint density at radius 2 is 1.40 bits per heavy atom. The van der Waals surface area contributed by atoms with Crippen LogP contribution in [0.3, 0.4) is 0 Å². The highest BCUT2D eigenvalue weighted by atomic mass is 16.3. The van der Waals surface area contributed by atoms with Crippen molar-refractivity contribution in [3.8, 4) is 34.1 Å². The molecule has 0 atom stereocenters. The lowest BCUT2D eigenvalue weighted by molar-refractivity contribution is 0.669. The maximum absolute atomic E-state index is 9.61. The molecule has 5 aromatic carbocycles. The van der Waals surface area contributed by atoms with Crippen LogP contribution in [-0.4, -0.2) is 9.55 Å². The number of para-hydroxylation sites is 2. The smallest absolute Gasteiger partial charge is 0.137 e. The minimum absolute atomic E-state index is 0.565. The fourth-order valence-corrected chi connectivity index (χ4v) is 5.93. The van der Waals surface area contributed by atoms with Gasteiger partial charge in [0, 0.05) is 33.6 Å². The Balaban J connectivity index is 1.39. The molecule has 0 unspecified atom stereocenters. The Labute approximate surface area is 230 Å². The minimum Gasteiger partial charge on any atom is -0.456 e. The van der Waals surface area contributed by atoms with Gasteiger partial charge in [0.15, 0.2) is 0 Å². The van der Waals surface area contributed by atoms with Crippen LogP contribution >= 0.6 is 0 Å². The molecule has 3 heterocycles. The molecule has 0 aliphatic carbocycles. The molecule has 0 saturated heterocycles. The second-order valence-electron chi connectivity index (χ2n) is 9.93. The molecule has 0 N–H and O–H groups in total. The van der Waals surface area contributed by atoms with Gasteiger partial charge in [0.25, 0.3) is 0 Å². The van der Waals surface area contributed by atoms with E-state index in [1.165, 1.54) is 10.8 Å². The summed E-state index contributed by atoms with van der Waals surface area (Å²) < 4.78 is 8.63. The summed E-state index contributed by atoms with van der Waals surface area (Å²) in [5, 5.41) is 14.2. The van der Waals surface area contributed by atoms with E-state index in [4.69, 9.17) is 4.42 Å². The van der Waals surface area contributed by atoms with E-state index in [9.17, 15) is 5.26 Å². The van der Waals surface area contributed by atoms with Crippen LogP contribution in [0.1, 0.15) is 5.56 Å². The first-order valence-electron chi connectivity index (χ1n) is 13.2. The average Bonchev–Trinajstić information content (AvgIpc) is 3.57. The molecule has 4 nitrogen and oxygen atoms in total. The molecule has 0 amide bonds. The van der Waals surface area contributed by atoms with Gasteiger partial charge < -0.3 is 8.98 Å². The monoisotopic (exact) mass is 511 g/mol. The lowest BCUT2D eigenvalue weighted by Crippen LogP contribution is -1.95. The quantitative estimate of drug-likeness (QED) is 0.237. The second-order valence-corrected chi connectivity index (χ2v) is 9.93. The van der Waals surface area contributed by atoms with E-state index in [1.54, 1.807) is 18.3 Å². The van der Waals surface area contributed by atoms with Crippen molar-refractivity contribution < 1.29 is 4.42 Å². The summed E-state index contributed by atoms with van der Waals surface area (Å²) in [6, 6.07) is 43.8. The van der Waals surface area contributed by atoms with Crippen LogP contribution in [0.15, 0.2) is 132 Å². The normalized spacial score (nSPS) is 11.5. The van der Waals surface area contributed by atoms with E-state index in [0.717, 1.165) is 55.3 Å². The standard InChI is InChI=1S/C36H21N3O/c37-22-26-11-7-19-38-35(26)25-10-5-8-23(20-25)24-9-6-12-27(21-24)39-31-15-3-1-13-28(31)29-17-18-33-34(36(29)39)30-14-2-4-16-32(30)40-33/h1-21H. The van der Waals surface area contributed by atoms with Gasteiger partial charge in [-0.1, -0.05) is 66.7 Å². The van der Waals surface area contributed by atoms with E-state index < -0.39 is 0 Å². The fourth-order valence-electron chi connectivity index (χ4n) is 5.93. The van der Waals surface area contributed by atoms with Crippen LogP contribution in [0.25, 0.3) is 71.8 Å². The molecule has 0 fully saturated rings. The predicted octanol–water partition coefficient (Wildman–Crippen LogP) is 9.28. The molecule has 186 valence electrons. The molecule has 8 aromatic rings. The second kappa shape index (κ2) is 8.69. The number of rotatable bonds is 3. The van der Waals surface area contributed by atoms with Crippen LogP contribution in [0.5, 0.6) is 0 Å². The molecule has 40 heavy (non-hydrogen) atoms. The van der Waals surface area contributed by atoms with Gasteiger partial charge in [0.1, 0.15) is 17.2 Å². The summed E-state index contributed by atoms with van der Waals surface area (Å²) in [6.07, 6.45) is 1.73. The SMILES string of the molecule is N#Cc1cccnc1-c1cccc(-c2cccc(-n3c4ccccc4c4ccc5oc6ccccc6c5c43)c2)c1. The summed E-state index contributed by atoms with van der Waals surface area (Å²) in [4.78, 5) is 4.49. The molecular weight excluding hydrogens is 490 g/mol. The van der Waals surface area contributed by atoms with Crippen molar-refractivity contribution in [2.24, 2.45) is 0 Å². The van der Waals surface area contributed by atoms with Gasteiger partial charge >= 0.3 is 0 Å². The summed E-state index contributed by atoms with van der Waals surface area (Å²) in [5.41, 5.74) is 9.46. The van der Waals surface area contributed by atoms with E-state index >= 15 is 0 Å². The summed E-state index contributed by atoms with van der Waals surface area (Å²) in [5.74, 6) is 0. The Morgan fingerprint density at radius 1 is 0.625 bits per heavy atom. The number of hydrogen-bond donors (Lipinski definition) is 0. The molecule has 3 aromatic heterocycles. The molecule has 0 aliphatic heterocycles. The Morgan fingerprint density at radius 3 is 2.30 bits per heavy atom. The van der Waals surface area contributed by atoms with Gasteiger partial charge in [-0.25, -0.2) is 0 Å². The van der Waals surface area contributed by atoms with Gasteiger partial charge in [0.2, 0.25) is 0 Å². The van der Waals surface area contributed by atoms with E-state index in [1.807, 2.05) is 24.3 Å². The van der Waals surface area contributed by atoms with Crippen molar-refractivity contribution in [3.05, 3.63) is 133 Å². The summed E-state index contributed by atoms with van der Waals surface area (Å²) >= 11 is 0. The number of pyridine rings is 1. The number of fused-ring (bicyclic) bond motifs is 7. The molecule has 0 radical (unpaired) electrons. The first-order valence-corrected chi connectivity index (χ1v) is 13.2. The Bertz CT molecular complexity index is 2300. The van der Waals surface area contributed by atoms with Crippen LogP contribution in [0, 0.1) is 11.3 Å². The maximum atomic E-state index is 9.61. The number of nitrogens with zero attached hydrogens (tertiary/aromatic N) is 3. The first kappa shape index (κ1) is 22.3. The third-order valence-corrected chi connectivity index (χ3v) is 7.68. The predicted molar refractivity (Wildman–Crippen MR) is 161 cm³/mol. The number of furan rings is 1. The van der Waals surface area contributed by atoms with Gasteiger partial charge in [-0.2, -0.15) is 5.26 Å². The molecule has 0 saturated carbocycles. The highest BCUT2D eigenvalue weighted by Crippen LogP contribution is 2.41.